The summed E-state index contributed by atoms with van der Waals surface area (Å²) in [6.07, 6.45) is 0.455. The lowest BCUT2D eigenvalue weighted by Gasteiger charge is -2.43. The zero-order chi connectivity index (χ0) is 11.5. The molecule has 1 N–H and O–H groups in total. The van der Waals surface area contributed by atoms with Gasteiger partial charge in [0.2, 0.25) is 0 Å². The zero-order valence-electron chi connectivity index (χ0n) is 10.2. The van der Waals surface area contributed by atoms with E-state index in [0.29, 0.717) is 6.42 Å². The van der Waals surface area contributed by atoms with Crippen molar-refractivity contribution in [3.8, 4) is 0 Å². The Labute approximate surface area is 92.0 Å². The molecule has 0 radical (unpaired) electrons. The Balaban J connectivity index is 2.54. The topological polar surface area (TPSA) is 41.6 Å². The molecule has 1 rings (SSSR count). The number of nitrogens with zero attached hydrogens (tertiary/aromatic N) is 1. The van der Waals surface area contributed by atoms with Gasteiger partial charge in [0.15, 0.2) is 0 Å². The van der Waals surface area contributed by atoms with E-state index in [2.05, 4.69) is 31.0 Å². The van der Waals surface area contributed by atoms with Gasteiger partial charge in [-0.05, 0) is 20.4 Å². The molecule has 1 aliphatic rings. The van der Waals surface area contributed by atoms with Crippen LogP contribution in [0.2, 0.25) is 0 Å². The fourth-order valence-corrected chi connectivity index (χ4v) is 2.22. The Hall–Kier alpha value is -0.610. The number of methoxy groups -OCH3 is 1. The molecule has 0 aliphatic carbocycles. The molecule has 88 valence electrons. The number of rotatable bonds is 3. The molecule has 15 heavy (non-hydrogen) atoms. The summed E-state index contributed by atoms with van der Waals surface area (Å²) in [5.41, 5.74) is 0.0763. The van der Waals surface area contributed by atoms with Crippen molar-refractivity contribution in [2.75, 3.05) is 26.7 Å². The third-order valence-corrected chi connectivity index (χ3v) is 2.78. The van der Waals surface area contributed by atoms with E-state index in [1.807, 2.05) is 0 Å². The quantitative estimate of drug-likeness (QED) is 0.699. The molecule has 1 aliphatic heterocycles. The molecule has 4 heteroatoms. The molecule has 0 bridgehead atoms. The predicted molar refractivity (Wildman–Crippen MR) is 59.7 cm³/mol. The van der Waals surface area contributed by atoms with Gasteiger partial charge in [-0.1, -0.05) is 6.92 Å². The fraction of sp³-hybridized carbons (Fsp3) is 0.909. The predicted octanol–water partition coefficient (Wildman–Crippen LogP) is 0.622. The van der Waals surface area contributed by atoms with Gasteiger partial charge < -0.3 is 15.0 Å². The van der Waals surface area contributed by atoms with E-state index >= 15 is 0 Å². The van der Waals surface area contributed by atoms with Gasteiger partial charge in [0.25, 0.3) is 0 Å². The molecule has 0 aromatic carbocycles. The van der Waals surface area contributed by atoms with Crippen LogP contribution >= 0.6 is 0 Å². The summed E-state index contributed by atoms with van der Waals surface area (Å²) in [5, 5.41) is 3.48. The first-order chi connectivity index (χ1) is 6.96. The first-order valence-corrected chi connectivity index (χ1v) is 5.53. The summed E-state index contributed by atoms with van der Waals surface area (Å²) in [5.74, 6) is -0.138. The SMILES string of the molecule is CCN1CC(CC(=O)OC)NC(C)(C)C1. The van der Waals surface area contributed by atoms with Gasteiger partial charge in [-0.25, -0.2) is 0 Å². The molecule has 1 saturated heterocycles. The number of ether oxygens (including phenoxy) is 1. The second-order valence-corrected chi connectivity index (χ2v) is 4.83. The van der Waals surface area contributed by atoms with Crippen LogP contribution in [0.1, 0.15) is 27.2 Å². The highest BCUT2D eigenvalue weighted by Gasteiger charge is 2.32. The van der Waals surface area contributed by atoms with Crippen LogP contribution in [0.25, 0.3) is 0 Å². The second-order valence-electron chi connectivity index (χ2n) is 4.83. The second kappa shape index (κ2) is 4.94. The Morgan fingerprint density at radius 1 is 1.60 bits per heavy atom. The molecule has 1 atom stereocenters. The normalized spacial score (nSPS) is 26.3. The Bertz CT molecular complexity index is 229. The van der Waals surface area contributed by atoms with E-state index in [0.717, 1.165) is 19.6 Å². The van der Waals surface area contributed by atoms with Crippen molar-refractivity contribution < 1.29 is 9.53 Å². The summed E-state index contributed by atoms with van der Waals surface area (Å²) in [7, 11) is 1.44. The number of piperazine rings is 1. The lowest BCUT2D eigenvalue weighted by molar-refractivity contribution is -0.141. The smallest absolute Gasteiger partial charge is 0.307 e. The minimum atomic E-state index is -0.138. The summed E-state index contributed by atoms with van der Waals surface area (Å²) < 4.78 is 4.69. The largest absolute Gasteiger partial charge is 0.469 e. The number of carbonyl (C=O) groups excluding carboxylic acids is 1. The molecular formula is C11H22N2O2. The highest BCUT2D eigenvalue weighted by atomic mass is 16.5. The summed E-state index contributed by atoms with van der Waals surface area (Å²) in [6, 6.07) is 0.209. The average Bonchev–Trinajstić information content (AvgIpc) is 2.15. The van der Waals surface area contributed by atoms with Crippen LogP contribution in [0, 0.1) is 0 Å². The molecular weight excluding hydrogens is 192 g/mol. The lowest BCUT2D eigenvalue weighted by Crippen LogP contribution is -2.62. The van der Waals surface area contributed by atoms with Crippen LogP contribution in [0.3, 0.4) is 0 Å². The number of hydrogen-bond donors (Lipinski definition) is 1. The van der Waals surface area contributed by atoms with Gasteiger partial charge in [0, 0.05) is 24.7 Å². The van der Waals surface area contributed by atoms with Crippen LogP contribution in [0.5, 0.6) is 0 Å². The van der Waals surface area contributed by atoms with Crippen LogP contribution < -0.4 is 5.32 Å². The van der Waals surface area contributed by atoms with Crippen molar-refractivity contribution in [2.24, 2.45) is 0 Å². The first-order valence-electron chi connectivity index (χ1n) is 5.53. The van der Waals surface area contributed by atoms with Crippen LogP contribution in [0.4, 0.5) is 0 Å². The van der Waals surface area contributed by atoms with Gasteiger partial charge in [-0.2, -0.15) is 0 Å². The van der Waals surface area contributed by atoms with Gasteiger partial charge >= 0.3 is 5.97 Å². The third-order valence-electron chi connectivity index (χ3n) is 2.78. The minimum Gasteiger partial charge on any atom is -0.469 e. The molecule has 1 heterocycles. The molecule has 0 saturated carbocycles. The number of esters is 1. The highest BCUT2D eigenvalue weighted by Crippen LogP contribution is 2.15. The van der Waals surface area contributed by atoms with E-state index in [1.54, 1.807) is 0 Å². The monoisotopic (exact) mass is 214 g/mol. The lowest BCUT2D eigenvalue weighted by atomic mass is 9.97. The van der Waals surface area contributed by atoms with Crippen molar-refractivity contribution in [3.05, 3.63) is 0 Å². The number of hydrogen-bond acceptors (Lipinski definition) is 4. The maximum absolute atomic E-state index is 11.2. The molecule has 0 aromatic rings. The standard InChI is InChI=1S/C11H22N2O2/c1-5-13-7-9(6-10(14)15-4)12-11(2,3)8-13/h9,12H,5-8H2,1-4H3. The van der Waals surface area contributed by atoms with E-state index < -0.39 is 0 Å². The molecule has 0 spiro atoms. The molecule has 1 unspecified atom stereocenters. The van der Waals surface area contributed by atoms with Gasteiger partial charge in [-0.3, -0.25) is 4.79 Å². The van der Waals surface area contributed by atoms with Crippen molar-refractivity contribution in [2.45, 2.75) is 38.8 Å². The van der Waals surface area contributed by atoms with E-state index in [-0.39, 0.29) is 17.6 Å². The Morgan fingerprint density at radius 3 is 2.80 bits per heavy atom. The maximum atomic E-state index is 11.2. The van der Waals surface area contributed by atoms with Gasteiger partial charge in [-0.15, -0.1) is 0 Å². The van der Waals surface area contributed by atoms with Crippen LogP contribution in [0.15, 0.2) is 0 Å². The van der Waals surface area contributed by atoms with E-state index in [9.17, 15) is 4.79 Å². The molecule has 0 amide bonds. The van der Waals surface area contributed by atoms with Gasteiger partial charge in [0.05, 0.1) is 13.5 Å². The number of nitrogens with one attached hydrogen (secondary N) is 1. The number of likely N-dealkylation sites (N-methyl/N-ethyl adjacent to an activating group) is 1. The highest BCUT2D eigenvalue weighted by molar-refractivity contribution is 5.70. The zero-order valence-corrected chi connectivity index (χ0v) is 10.2. The Kier molecular flexibility index (Phi) is 4.11. The van der Waals surface area contributed by atoms with Crippen LogP contribution in [-0.4, -0.2) is 49.2 Å². The maximum Gasteiger partial charge on any atom is 0.307 e. The first kappa shape index (κ1) is 12.5. The summed E-state index contributed by atoms with van der Waals surface area (Å²) in [4.78, 5) is 13.6. The van der Waals surface area contributed by atoms with E-state index in [1.165, 1.54) is 7.11 Å². The Morgan fingerprint density at radius 2 is 2.27 bits per heavy atom. The van der Waals surface area contributed by atoms with Crippen molar-refractivity contribution >= 4 is 5.97 Å². The van der Waals surface area contributed by atoms with Crippen LogP contribution in [-0.2, 0) is 9.53 Å². The summed E-state index contributed by atoms with van der Waals surface area (Å²) in [6.45, 7) is 9.47. The molecule has 1 fully saturated rings. The fourth-order valence-electron chi connectivity index (χ4n) is 2.22. The molecule has 0 aromatic heterocycles. The average molecular weight is 214 g/mol. The minimum absolute atomic E-state index is 0.0763. The number of carbonyl (C=O) groups is 1. The van der Waals surface area contributed by atoms with Crippen molar-refractivity contribution in [3.63, 3.8) is 0 Å². The van der Waals surface area contributed by atoms with Gasteiger partial charge in [0.1, 0.15) is 0 Å². The third kappa shape index (κ3) is 3.80. The van der Waals surface area contributed by atoms with E-state index in [4.69, 9.17) is 4.74 Å². The van der Waals surface area contributed by atoms with Crippen molar-refractivity contribution in [1.82, 2.24) is 10.2 Å². The molecule has 4 nitrogen and oxygen atoms in total. The van der Waals surface area contributed by atoms with Crippen molar-refractivity contribution in [1.29, 1.82) is 0 Å². The summed E-state index contributed by atoms with van der Waals surface area (Å²) >= 11 is 0.